The highest BCUT2D eigenvalue weighted by atomic mass is 16.5. The van der Waals surface area contributed by atoms with Crippen LogP contribution in [0.25, 0.3) is 5.82 Å². The maximum Gasteiger partial charge on any atom is 0.179 e. The third-order valence-electron chi connectivity index (χ3n) is 8.03. The molecule has 2 aliphatic rings. The average Bonchev–Trinajstić information content (AvgIpc) is 3.37. The molecule has 5 aromatic rings. The van der Waals surface area contributed by atoms with E-state index in [0.29, 0.717) is 24.1 Å². The molecule has 44 heavy (non-hydrogen) atoms. The van der Waals surface area contributed by atoms with Crippen LogP contribution in [-0.4, -0.2) is 33.0 Å². The molecule has 3 aromatic carbocycles. The smallest absolute Gasteiger partial charge is 0.179 e. The Bertz CT molecular complexity index is 1880. The summed E-state index contributed by atoms with van der Waals surface area (Å²) in [6, 6.07) is 30.7. The predicted octanol–water partition coefficient (Wildman–Crippen LogP) is 8.07. The van der Waals surface area contributed by atoms with Crippen LogP contribution in [0, 0.1) is 6.92 Å². The summed E-state index contributed by atoms with van der Waals surface area (Å²) in [5.74, 6) is 3.65. The molecule has 4 heterocycles. The summed E-state index contributed by atoms with van der Waals surface area (Å²) in [6.07, 6.45) is 1.78. The van der Waals surface area contributed by atoms with Gasteiger partial charge >= 0.3 is 0 Å². The number of rotatable bonds is 5. The maximum absolute atomic E-state index is 5.67. The van der Waals surface area contributed by atoms with Crippen LogP contribution in [0.15, 0.2) is 107 Å². The van der Waals surface area contributed by atoms with Crippen molar-refractivity contribution in [2.24, 2.45) is 9.98 Å². The number of para-hydroxylation sites is 2. The van der Waals surface area contributed by atoms with Gasteiger partial charge in [0.25, 0.3) is 0 Å². The Labute approximate surface area is 257 Å². The lowest BCUT2D eigenvalue weighted by molar-refractivity contribution is 0.340. The first-order chi connectivity index (χ1) is 21.3. The van der Waals surface area contributed by atoms with E-state index in [2.05, 4.69) is 79.3 Å². The molecule has 220 valence electrons. The van der Waals surface area contributed by atoms with Gasteiger partial charge in [-0.2, -0.15) is 9.78 Å². The summed E-state index contributed by atoms with van der Waals surface area (Å²) in [7, 11) is 0. The second-order valence-electron chi connectivity index (χ2n) is 12.0. The fourth-order valence-corrected chi connectivity index (χ4v) is 5.86. The van der Waals surface area contributed by atoms with Crippen LogP contribution < -0.4 is 15.0 Å². The van der Waals surface area contributed by atoms with Gasteiger partial charge in [0, 0.05) is 17.4 Å². The molecule has 0 saturated carbocycles. The van der Waals surface area contributed by atoms with Crippen LogP contribution in [0.5, 0.6) is 5.75 Å². The van der Waals surface area contributed by atoms with Crippen LogP contribution in [0.4, 0.5) is 22.9 Å². The maximum atomic E-state index is 5.67. The summed E-state index contributed by atoms with van der Waals surface area (Å²) in [4.78, 5) is 17.3. The Morgan fingerprint density at radius 1 is 0.864 bits per heavy atom. The van der Waals surface area contributed by atoms with Gasteiger partial charge in [-0.25, -0.2) is 15.0 Å². The SMILES string of the molecule is CCOc1ccc(NC2=Nc3ccccc3N3C2=Nc2c(c(C)nn2-c2ccccn2)C3c2ccc(C(C)(C)C)cc2)cc1. The Kier molecular flexibility index (Phi) is 6.77. The molecule has 0 fully saturated rings. The molecule has 7 rings (SSSR count). The van der Waals surface area contributed by atoms with Crippen molar-refractivity contribution in [3.8, 4) is 11.6 Å². The fraction of sp³-hybridized carbons (Fsp3) is 0.222. The number of nitrogens with one attached hydrogen (secondary N) is 1. The van der Waals surface area contributed by atoms with Gasteiger partial charge < -0.3 is 15.0 Å². The number of anilines is 2. The lowest BCUT2D eigenvalue weighted by Crippen LogP contribution is -2.46. The molecule has 2 aromatic heterocycles. The van der Waals surface area contributed by atoms with Crippen LogP contribution >= 0.6 is 0 Å². The summed E-state index contributed by atoms with van der Waals surface area (Å²) < 4.78 is 7.51. The van der Waals surface area contributed by atoms with Gasteiger partial charge in [0.05, 0.1) is 29.7 Å². The van der Waals surface area contributed by atoms with Crippen molar-refractivity contribution in [2.45, 2.75) is 46.1 Å². The summed E-state index contributed by atoms with van der Waals surface area (Å²) >= 11 is 0. The number of fused-ring (bicyclic) bond motifs is 4. The second-order valence-corrected chi connectivity index (χ2v) is 12.0. The number of pyridine rings is 1. The molecular formula is C36H35N7O. The number of hydrogen-bond donors (Lipinski definition) is 1. The number of aryl methyl sites for hydroxylation is 1. The van der Waals surface area contributed by atoms with Crippen molar-refractivity contribution in [1.29, 1.82) is 0 Å². The largest absolute Gasteiger partial charge is 0.494 e. The van der Waals surface area contributed by atoms with E-state index in [4.69, 9.17) is 19.8 Å². The Morgan fingerprint density at radius 3 is 2.32 bits per heavy atom. The lowest BCUT2D eigenvalue weighted by Gasteiger charge is -2.40. The molecule has 0 aliphatic carbocycles. The third-order valence-corrected chi connectivity index (χ3v) is 8.03. The Balaban J connectivity index is 1.43. The van der Waals surface area contributed by atoms with Crippen LogP contribution in [-0.2, 0) is 5.41 Å². The first-order valence-corrected chi connectivity index (χ1v) is 15.0. The quantitative estimate of drug-likeness (QED) is 0.227. The van der Waals surface area contributed by atoms with Gasteiger partial charge in [0.2, 0.25) is 0 Å². The van der Waals surface area contributed by atoms with Gasteiger partial charge in [-0.3, -0.25) is 0 Å². The zero-order valence-electron chi connectivity index (χ0n) is 25.6. The topological polar surface area (TPSA) is 79.9 Å². The number of benzene rings is 3. The van der Waals surface area contributed by atoms with Gasteiger partial charge in [-0.1, -0.05) is 63.2 Å². The molecule has 0 bridgehead atoms. The molecule has 0 amide bonds. The Hall–Kier alpha value is -5.24. The van der Waals surface area contributed by atoms with E-state index in [9.17, 15) is 0 Å². The molecule has 8 nitrogen and oxygen atoms in total. The van der Waals surface area contributed by atoms with E-state index < -0.39 is 0 Å². The minimum atomic E-state index is -0.197. The summed E-state index contributed by atoms with van der Waals surface area (Å²) in [6.45, 7) is 11.4. The van der Waals surface area contributed by atoms with E-state index in [1.807, 2.05) is 66.2 Å². The number of aromatic nitrogens is 3. The zero-order chi connectivity index (χ0) is 30.4. The lowest BCUT2D eigenvalue weighted by atomic mass is 9.85. The molecule has 0 radical (unpaired) electrons. The van der Waals surface area contributed by atoms with Gasteiger partial charge in [-0.15, -0.1) is 0 Å². The second kappa shape index (κ2) is 10.8. The van der Waals surface area contributed by atoms with Gasteiger partial charge in [-0.05, 0) is 78.9 Å². The zero-order valence-corrected chi connectivity index (χ0v) is 25.6. The van der Waals surface area contributed by atoms with Crippen molar-refractivity contribution >= 4 is 34.6 Å². The molecule has 0 saturated heterocycles. The van der Waals surface area contributed by atoms with Crippen LogP contribution in [0.2, 0.25) is 0 Å². The predicted molar refractivity (Wildman–Crippen MR) is 177 cm³/mol. The number of hydrogen-bond acceptors (Lipinski definition) is 7. The summed E-state index contributed by atoms with van der Waals surface area (Å²) in [5, 5.41) is 8.56. The third kappa shape index (κ3) is 4.82. The van der Waals surface area contributed by atoms with Gasteiger partial charge in [0.1, 0.15) is 5.75 Å². The fourth-order valence-electron chi connectivity index (χ4n) is 5.86. The highest BCUT2D eigenvalue weighted by molar-refractivity contribution is 6.51. The highest BCUT2D eigenvalue weighted by Crippen LogP contribution is 2.48. The highest BCUT2D eigenvalue weighted by Gasteiger charge is 2.41. The average molecular weight is 582 g/mol. The molecule has 1 atom stereocenters. The summed E-state index contributed by atoms with van der Waals surface area (Å²) in [5.41, 5.74) is 7.17. The van der Waals surface area contributed by atoms with E-state index in [1.165, 1.54) is 5.56 Å². The van der Waals surface area contributed by atoms with Crippen LogP contribution in [0.1, 0.15) is 56.1 Å². The molecule has 1 N–H and O–H groups in total. The standard InChI is InChI=1S/C36H35N7O/c1-6-44-27-20-18-26(19-21-27)38-33-35-40-34-31(23(2)41-43(34)30-13-9-10-22-37-30)32(24-14-16-25(17-15-24)36(3,4)5)42(35)29-12-8-7-11-28(29)39-33/h7-22,32H,6H2,1-5H3,(H,38,39). The van der Waals surface area contributed by atoms with Gasteiger partial charge in [0.15, 0.2) is 23.3 Å². The Morgan fingerprint density at radius 2 is 1.61 bits per heavy atom. The number of ether oxygens (including phenoxy) is 1. The first kappa shape index (κ1) is 27.6. The number of amidine groups is 2. The van der Waals surface area contributed by atoms with E-state index in [0.717, 1.165) is 45.5 Å². The van der Waals surface area contributed by atoms with Crippen LogP contribution in [0.3, 0.4) is 0 Å². The van der Waals surface area contributed by atoms with E-state index in [1.54, 1.807) is 6.20 Å². The minimum absolute atomic E-state index is 0.0435. The van der Waals surface area contributed by atoms with Crippen molar-refractivity contribution in [3.63, 3.8) is 0 Å². The molecule has 2 aliphatic heterocycles. The number of nitrogens with zero attached hydrogens (tertiary/aromatic N) is 6. The van der Waals surface area contributed by atoms with E-state index in [-0.39, 0.29) is 11.5 Å². The molecule has 1 unspecified atom stereocenters. The van der Waals surface area contributed by atoms with Crippen molar-refractivity contribution < 1.29 is 4.74 Å². The normalized spacial score (nSPS) is 15.5. The molecule has 0 spiro atoms. The monoisotopic (exact) mass is 581 g/mol. The first-order valence-electron chi connectivity index (χ1n) is 15.0. The minimum Gasteiger partial charge on any atom is -0.494 e. The van der Waals surface area contributed by atoms with Crippen molar-refractivity contribution in [3.05, 3.63) is 120 Å². The van der Waals surface area contributed by atoms with Crippen molar-refractivity contribution in [1.82, 2.24) is 14.8 Å². The molecule has 8 heteroatoms. The van der Waals surface area contributed by atoms with E-state index >= 15 is 0 Å². The van der Waals surface area contributed by atoms with Crippen molar-refractivity contribution in [2.75, 3.05) is 16.8 Å². The number of aliphatic imine (C=N–C) groups is 2. The molecular weight excluding hydrogens is 546 g/mol.